The molecule has 0 fully saturated rings. The Balaban J connectivity index is 2.26. The zero-order valence-corrected chi connectivity index (χ0v) is 13.7. The van der Waals surface area contributed by atoms with Gasteiger partial charge in [-0.05, 0) is 30.3 Å². The van der Waals surface area contributed by atoms with Crippen molar-refractivity contribution in [1.82, 2.24) is 9.38 Å². The highest BCUT2D eigenvalue weighted by atomic mass is 16.5. The van der Waals surface area contributed by atoms with Crippen molar-refractivity contribution in [1.29, 1.82) is 10.5 Å². The first kappa shape index (κ1) is 16.7. The van der Waals surface area contributed by atoms with Crippen LogP contribution in [0.2, 0.25) is 0 Å². The number of ether oxygens (including phenoxy) is 2. The molecular formula is C19H12N4O3. The first-order valence-electron chi connectivity index (χ1n) is 7.52. The summed E-state index contributed by atoms with van der Waals surface area (Å²) < 4.78 is 12.4. The predicted octanol–water partition coefficient (Wildman–Crippen LogP) is 2.93. The van der Waals surface area contributed by atoms with E-state index in [0.717, 1.165) is 0 Å². The van der Waals surface area contributed by atoms with E-state index in [0.29, 0.717) is 17.1 Å². The van der Waals surface area contributed by atoms with Gasteiger partial charge in [0.2, 0.25) is 5.88 Å². The van der Waals surface area contributed by atoms with E-state index in [-0.39, 0.29) is 17.0 Å². The third-order valence-electron chi connectivity index (χ3n) is 3.54. The molecular weight excluding hydrogens is 332 g/mol. The smallest absolute Gasteiger partial charge is 0.269 e. The first-order chi connectivity index (χ1) is 12.7. The van der Waals surface area contributed by atoms with E-state index in [4.69, 9.17) is 20.0 Å². The lowest BCUT2D eigenvalue weighted by atomic mass is 10.2. The SMILES string of the molecule is COc1ccccc1Oc1nc2ccccn2c(=O)c1C=C(C#N)C#N. The molecule has 0 unspecified atom stereocenters. The largest absolute Gasteiger partial charge is 0.493 e. The summed E-state index contributed by atoms with van der Waals surface area (Å²) in [6.07, 6.45) is 2.72. The second-order valence-electron chi connectivity index (χ2n) is 5.10. The molecule has 0 spiro atoms. The lowest BCUT2D eigenvalue weighted by molar-refractivity contribution is 0.374. The molecule has 0 saturated carbocycles. The van der Waals surface area contributed by atoms with Crippen molar-refractivity contribution in [3.63, 3.8) is 0 Å². The predicted molar refractivity (Wildman–Crippen MR) is 93.7 cm³/mol. The number of nitrogens with zero attached hydrogens (tertiary/aromatic N) is 4. The fourth-order valence-corrected chi connectivity index (χ4v) is 2.32. The summed E-state index contributed by atoms with van der Waals surface area (Å²) in [6, 6.07) is 15.4. The first-order valence-corrected chi connectivity index (χ1v) is 7.52. The van der Waals surface area contributed by atoms with Gasteiger partial charge in [0.15, 0.2) is 11.5 Å². The summed E-state index contributed by atoms with van der Waals surface area (Å²) >= 11 is 0. The Morgan fingerprint density at radius 3 is 2.50 bits per heavy atom. The van der Waals surface area contributed by atoms with Gasteiger partial charge in [0.25, 0.3) is 5.56 Å². The number of para-hydroxylation sites is 2. The van der Waals surface area contributed by atoms with Crippen molar-refractivity contribution in [2.75, 3.05) is 7.11 Å². The maximum Gasteiger partial charge on any atom is 0.269 e. The Hall–Kier alpha value is -4.10. The van der Waals surface area contributed by atoms with Crippen LogP contribution in [0.4, 0.5) is 0 Å². The second-order valence-corrected chi connectivity index (χ2v) is 5.10. The molecule has 0 radical (unpaired) electrons. The molecule has 0 amide bonds. The van der Waals surface area contributed by atoms with Crippen LogP contribution in [0, 0.1) is 22.7 Å². The number of fused-ring (bicyclic) bond motifs is 1. The van der Waals surface area contributed by atoms with Crippen LogP contribution in [0.15, 0.2) is 59.0 Å². The van der Waals surface area contributed by atoms with Gasteiger partial charge in [0.05, 0.1) is 7.11 Å². The molecule has 0 aliphatic carbocycles. The van der Waals surface area contributed by atoms with E-state index < -0.39 is 5.56 Å². The van der Waals surface area contributed by atoms with Crippen LogP contribution in [0.25, 0.3) is 11.7 Å². The van der Waals surface area contributed by atoms with Gasteiger partial charge in [0.1, 0.15) is 28.9 Å². The Bertz CT molecular complexity index is 1130. The zero-order chi connectivity index (χ0) is 18.5. The number of hydrogen-bond acceptors (Lipinski definition) is 6. The molecule has 2 aromatic heterocycles. The molecule has 0 N–H and O–H groups in total. The van der Waals surface area contributed by atoms with Gasteiger partial charge in [-0.15, -0.1) is 0 Å². The lowest BCUT2D eigenvalue weighted by Gasteiger charge is -2.12. The third-order valence-corrected chi connectivity index (χ3v) is 3.54. The summed E-state index contributed by atoms with van der Waals surface area (Å²) in [5.74, 6) is 0.791. The quantitative estimate of drug-likeness (QED) is 0.675. The fraction of sp³-hybridized carbons (Fsp3) is 0.0526. The van der Waals surface area contributed by atoms with Crippen LogP contribution in [0.1, 0.15) is 5.56 Å². The molecule has 0 saturated heterocycles. The van der Waals surface area contributed by atoms with Gasteiger partial charge in [0, 0.05) is 6.20 Å². The van der Waals surface area contributed by atoms with Crippen molar-refractivity contribution < 1.29 is 9.47 Å². The highest BCUT2D eigenvalue weighted by Crippen LogP contribution is 2.31. The van der Waals surface area contributed by atoms with Crippen LogP contribution in [0.5, 0.6) is 17.4 Å². The van der Waals surface area contributed by atoms with Crippen molar-refractivity contribution >= 4 is 11.7 Å². The number of pyridine rings is 1. The van der Waals surface area contributed by atoms with Crippen LogP contribution >= 0.6 is 0 Å². The Kier molecular flexibility index (Phi) is 4.64. The van der Waals surface area contributed by atoms with E-state index >= 15 is 0 Å². The molecule has 0 atom stereocenters. The summed E-state index contributed by atoms with van der Waals surface area (Å²) in [7, 11) is 1.50. The second kappa shape index (κ2) is 7.20. The van der Waals surface area contributed by atoms with E-state index in [1.165, 1.54) is 17.6 Å². The third kappa shape index (κ3) is 3.10. The van der Waals surface area contributed by atoms with Gasteiger partial charge in [-0.25, -0.2) is 0 Å². The molecule has 0 aliphatic heterocycles. The van der Waals surface area contributed by atoms with E-state index in [1.807, 2.05) is 0 Å². The molecule has 0 bridgehead atoms. The highest BCUT2D eigenvalue weighted by Gasteiger charge is 2.16. The maximum atomic E-state index is 12.8. The average molecular weight is 344 g/mol. The number of allylic oxidation sites excluding steroid dienone is 1. The lowest BCUT2D eigenvalue weighted by Crippen LogP contribution is -2.18. The van der Waals surface area contributed by atoms with Crippen molar-refractivity contribution in [2.24, 2.45) is 0 Å². The molecule has 3 aromatic rings. The molecule has 7 nitrogen and oxygen atoms in total. The molecule has 2 heterocycles. The summed E-state index contributed by atoms with van der Waals surface area (Å²) in [5, 5.41) is 18.0. The fourth-order valence-electron chi connectivity index (χ4n) is 2.32. The average Bonchev–Trinajstić information content (AvgIpc) is 2.68. The molecule has 0 aliphatic rings. The Morgan fingerprint density at radius 2 is 1.81 bits per heavy atom. The van der Waals surface area contributed by atoms with Crippen LogP contribution in [-0.2, 0) is 0 Å². The van der Waals surface area contributed by atoms with Crippen LogP contribution in [-0.4, -0.2) is 16.5 Å². The number of benzene rings is 1. The number of nitriles is 2. The number of hydrogen-bond donors (Lipinski definition) is 0. The molecule has 126 valence electrons. The Morgan fingerprint density at radius 1 is 1.12 bits per heavy atom. The minimum atomic E-state index is -0.455. The molecule has 26 heavy (non-hydrogen) atoms. The topological polar surface area (TPSA) is 100 Å². The van der Waals surface area contributed by atoms with E-state index in [9.17, 15) is 4.79 Å². The molecule has 3 rings (SSSR count). The number of methoxy groups -OCH3 is 1. The summed E-state index contributed by atoms with van der Waals surface area (Å²) in [5.41, 5.74) is -0.319. The van der Waals surface area contributed by atoms with Gasteiger partial charge in [-0.2, -0.15) is 15.5 Å². The normalized spacial score (nSPS) is 9.81. The van der Waals surface area contributed by atoms with Crippen molar-refractivity contribution in [3.8, 4) is 29.5 Å². The molecule has 1 aromatic carbocycles. The summed E-state index contributed by atoms with van der Waals surface area (Å²) in [4.78, 5) is 17.2. The van der Waals surface area contributed by atoms with Gasteiger partial charge in [-0.1, -0.05) is 18.2 Å². The minimum absolute atomic E-state index is 0.00212. The number of rotatable bonds is 4. The molecule has 7 heteroatoms. The van der Waals surface area contributed by atoms with Crippen LogP contribution < -0.4 is 15.0 Å². The van der Waals surface area contributed by atoms with Crippen LogP contribution in [0.3, 0.4) is 0 Å². The summed E-state index contributed by atoms with van der Waals surface area (Å²) in [6.45, 7) is 0. The maximum absolute atomic E-state index is 12.8. The van der Waals surface area contributed by atoms with Gasteiger partial charge in [-0.3, -0.25) is 9.20 Å². The Labute approximate surface area is 148 Å². The minimum Gasteiger partial charge on any atom is -0.493 e. The standard InChI is InChI=1S/C19H12N4O3/c1-25-15-6-2-3-7-16(15)26-18-14(10-13(11-20)12-21)19(24)23-9-5-4-8-17(23)22-18/h2-10H,1H3. The van der Waals surface area contributed by atoms with E-state index in [2.05, 4.69) is 4.98 Å². The van der Waals surface area contributed by atoms with Gasteiger partial charge < -0.3 is 9.47 Å². The highest BCUT2D eigenvalue weighted by molar-refractivity contribution is 5.66. The monoisotopic (exact) mass is 344 g/mol. The van der Waals surface area contributed by atoms with Crippen molar-refractivity contribution in [3.05, 3.63) is 70.2 Å². The zero-order valence-electron chi connectivity index (χ0n) is 13.7. The van der Waals surface area contributed by atoms with E-state index in [1.54, 1.807) is 60.8 Å². The number of aromatic nitrogens is 2. The van der Waals surface area contributed by atoms with Crippen molar-refractivity contribution in [2.45, 2.75) is 0 Å². The van der Waals surface area contributed by atoms with Gasteiger partial charge >= 0.3 is 0 Å².